The van der Waals surface area contributed by atoms with Crippen LogP contribution in [0.3, 0.4) is 0 Å². The lowest BCUT2D eigenvalue weighted by atomic mass is 10.1. The van der Waals surface area contributed by atoms with E-state index in [-0.39, 0.29) is 17.6 Å². The van der Waals surface area contributed by atoms with Gasteiger partial charge in [-0.3, -0.25) is 10.1 Å². The molecule has 0 fully saturated rings. The highest BCUT2D eigenvalue weighted by Crippen LogP contribution is 2.25. The van der Waals surface area contributed by atoms with E-state index in [2.05, 4.69) is 0 Å². The summed E-state index contributed by atoms with van der Waals surface area (Å²) in [5.74, 6) is -0.767. The molecule has 0 bridgehead atoms. The van der Waals surface area contributed by atoms with E-state index in [4.69, 9.17) is 9.84 Å². The number of carbonyl (C=O) groups is 1. The van der Waals surface area contributed by atoms with Crippen LogP contribution in [0.2, 0.25) is 0 Å². The Kier molecular flexibility index (Phi) is 4.25. The second-order valence-corrected chi connectivity index (χ2v) is 4.31. The van der Waals surface area contributed by atoms with Gasteiger partial charge in [-0.1, -0.05) is 13.8 Å². The predicted molar refractivity (Wildman–Crippen MR) is 65.0 cm³/mol. The molecule has 0 amide bonds. The number of nitro benzene ring substituents is 1. The molecule has 0 aliphatic heterocycles. The standard InChI is InChI=1S/C12H15NO5/c1-7(2)8(3)18-9-4-5-11(13(16)17)10(6-9)12(14)15/h4-8H,1-3H3,(H,14,15). The molecule has 6 nitrogen and oxygen atoms in total. The minimum absolute atomic E-state index is 0.104. The first kappa shape index (κ1) is 14.0. The third kappa shape index (κ3) is 3.19. The van der Waals surface area contributed by atoms with Gasteiger partial charge in [-0.15, -0.1) is 0 Å². The van der Waals surface area contributed by atoms with Gasteiger partial charge in [0.15, 0.2) is 0 Å². The zero-order chi connectivity index (χ0) is 13.9. The molecule has 1 aromatic rings. The van der Waals surface area contributed by atoms with E-state index >= 15 is 0 Å². The minimum Gasteiger partial charge on any atom is -0.490 e. The topological polar surface area (TPSA) is 89.7 Å². The maximum absolute atomic E-state index is 10.9. The largest absolute Gasteiger partial charge is 0.490 e. The van der Waals surface area contributed by atoms with Crippen LogP contribution in [-0.2, 0) is 0 Å². The molecule has 18 heavy (non-hydrogen) atoms. The molecular weight excluding hydrogens is 238 g/mol. The summed E-state index contributed by atoms with van der Waals surface area (Å²) in [7, 11) is 0. The Morgan fingerprint density at radius 3 is 2.44 bits per heavy atom. The third-order valence-electron chi connectivity index (χ3n) is 2.66. The van der Waals surface area contributed by atoms with E-state index in [1.165, 1.54) is 12.1 Å². The van der Waals surface area contributed by atoms with Crippen molar-refractivity contribution in [3.63, 3.8) is 0 Å². The first-order valence-corrected chi connectivity index (χ1v) is 5.51. The van der Waals surface area contributed by atoms with E-state index in [1.54, 1.807) is 0 Å². The molecule has 1 aromatic carbocycles. The van der Waals surface area contributed by atoms with Crippen molar-refractivity contribution in [2.45, 2.75) is 26.9 Å². The van der Waals surface area contributed by atoms with E-state index in [1.807, 2.05) is 20.8 Å². The Labute approximate surface area is 104 Å². The van der Waals surface area contributed by atoms with Crippen molar-refractivity contribution in [2.75, 3.05) is 0 Å². The molecule has 0 aromatic heterocycles. The SMILES string of the molecule is CC(C)C(C)Oc1ccc([N+](=O)[O-])c(C(=O)O)c1. The zero-order valence-corrected chi connectivity index (χ0v) is 10.4. The van der Waals surface area contributed by atoms with Gasteiger partial charge in [0.05, 0.1) is 11.0 Å². The summed E-state index contributed by atoms with van der Waals surface area (Å²) in [5, 5.41) is 19.6. The molecular formula is C12H15NO5. The van der Waals surface area contributed by atoms with Gasteiger partial charge in [-0.25, -0.2) is 4.79 Å². The average molecular weight is 253 g/mol. The zero-order valence-electron chi connectivity index (χ0n) is 10.4. The lowest BCUT2D eigenvalue weighted by molar-refractivity contribution is -0.385. The second kappa shape index (κ2) is 5.48. The highest BCUT2D eigenvalue weighted by atomic mass is 16.6. The van der Waals surface area contributed by atoms with Crippen LogP contribution in [0.1, 0.15) is 31.1 Å². The van der Waals surface area contributed by atoms with E-state index in [9.17, 15) is 14.9 Å². The summed E-state index contributed by atoms with van der Waals surface area (Å²) in [6, 6.07) is 3.73. The fourth-order valence-corrected chi connectivity index (χ4v) is 1.27. The minimum atomic E-state index is -1.34. The summed E-state index contributed by atoms with van der Waals surface area (Å²) in [5.41, 5.74) is -0.805. The molecule has 0 spiro atoms. The highest BCUT2D eigenvalue weighted by Gasteiger charge is 2.21. The monoisotopic (exact) mass is 253 g/mol. The van der Waals surface area contributed by atoms with Gasteiger partial charge in [-0.05, 0) is 18.9 Å². The smallest absolute Gasteiger partial charge is 0.342 e. The number of hydrogen-bond acceptors (Lipinski definition) is 4. The Balaban J connectivity index is 3.08. The molecule has 0 heterocycles. The second-order valence-electron chi connectivity index (χ2n) is 4.31. The maximum atomic E-state index is 10.9. The summed E-state index contributed by atoms with van der Waals surface area (Å²) < 4.78 is 5.52. The quantitative estimate of drug-likeness (QED) is 0.643. The summed E-state index contributed by atoms with van der Waals surface area (Å²) in [6.07, 6.45) is -0.104. The van der Waals surface area contributed by atoms with Crippen molar-refractivity contribution in [2.24, 2.45) is 5.92 Å². The Bertz CT molecular complexity index is 470. The van der Waals surface area contributed by atoms with Gasteiger partial charge in [-0.2, -0.15) is 0 Å². The molecule has 1 rings (SSSR count). The molecule has 0 saturated heterocycles. The first-order chi connectivity index (χ1) is 8.32. The molecule has 6 heteroatoms. The van der Waals surface area contributed by atoms with E-state index in [0.29, 0.717) is 5.75 Å². The van der Waals surface area contributed by atoms with Crippen molar-refractivity contribution in [1.82, 2.24) is 0 Å². The van der Waals surface area contributed by atoms with Crippen LogP contribution < -0.4 is 4.74 Å². The number of nitro groups is 1. The Hall–Kier alpha value is -2.11. The number of carboxylic acids is 1. The lowest BCUT2D eigenvalue weighted by Crippen LogP contribution is -2.18. The van der Waals surface area contributed by atoms with Crippen LogP contribution in [0, 0.1) is 16.0 Å². The number of aromatic carboxylic acids is 1. The molecule has 0 aliphatic carbocycles. The molecule has 0 saturated carbocycles. The van der Waals surface area contributed by atoms with Crippen LogP contribution in [0.15, 0.2) is 18.2 Å². The van der Waals surface area contributed by atoms with Gasteiger partial charge in [0.25, 0.3) is 5.69 Å². The normalized spacial score (nSPS) is 12.2. The maximum Gasteiger partial charge on any atom is 0.342 e. The van der Waals surface area contributed by atoms with Gasteiger partial charge in [0.2, 0.25) is 0 Å². The summed E-state index contributed by atoms with van der Waals surface area (Å²) in [6.45, 7) is 5.79. The molecule has 1 unspecified atom stereocenters. The van der Waals surface area contributed by atoms with Gasteiger partial charge >= 0.3 is 5.97 Å². The fraction of sp³-hybridized carbons (Fsp3) is 0.417. The van der Waals surface area contributed by atoms with Crippen molar-refractivity contribution in [3.05, 3.63) is 33.9 Å². The predicted octanol–water partition coefficient (Wildman–Crippen LogP) is 2.72. The first-order valence-electron chi connectivity index (χ1n) is 5.51. The van der Waals surface area contributed by atoms with Gasteiger partial charge < -0.3 is 9.84 Å². The molecule has 1 N–H and O–H groups in total. The Morgan fingerprint density at radius 1 is 1.39 bits per heavy atom. The number of rotatable bonds is 5. The fourth-order valence-electron chi connectivity index (χ4n) is 1.27. The third-order valence-corrected chi connectivity index (χ3v) is 2.66. The van der Waals surface area contributed by atoms with Crippen LogP contribution >= 0.6 is 0 Å². The van der Waals surface area contributed by atoms with Crippen LogP contribution in [-0.4, -0.2) is 22.1 Å². The number of benzene rings is 1. The molecule has 1 atom stereocenters. The highest BCUT2D eigenvalue weighted by molar-refractivity contribution is 5.92. The van der Waals surface area contributed by atoms with E-state index < -0.39 is 16.6 Å². The van der Waals surface area contributed by atoms with Crippen molar-refractivity contribution < 1.29 is 19.6 Å². The van der Waals surface area contributed by atoms with E-state index in [0.717, 1.165) is 6.07 Å². The number of ether oxygens (including phenoxy) is 1. The van der Waals surface area contributed by atoms with Crippen molar-refractivity contribution in [1.29, 1.82) is 0 Å². The lowest BCUT2D eigenvalue weighted by Gasteiger charge is -2.18. The summed E-state index contributed by atoms with van der Waals surface area (Å²) in [4.78, 5) is 20.9. The van der Waals surface area contributed by atoms with Crippen molar-refractivity contribution in [3.8, 4) is 5.75 Å². The summed E-state index contributed by atoms with van der Waals surface area (Å²) >= 11 is 0. The van der Waals surface area contributed by atoms with Gasteiger partial charge in [0.1, 0.15) is 11.3 Å². The number of hydrogen-bond donors (Lipinski definition) is 1. The average Bonchev–Trinajstić information content (AvgIpc) is 2.28. The van der Waals surface area contributed by atoms with Crippen LogP contribution in [0.25, 0.3) is 0 Å². The Morgan fingerprint density at radius 2 is 2.00 bits per heavy atom. The molecule has 98 valence electrons. The van der Waals surface area contributed by atoms with Crippen LogP contribution in [0.4, 0.5) is 5.69 Å². The van der Waals surface area contributed by atoms with Crippen molar-refractivity contribution >= 4 is 11.7 Å². The van der Waals surface area contributed by atoms with Crippen LogP contribution in [0.5, 0.6) is 5.75 Å². The molecule has 0 radical (unpaired) electrons. The van der Waals surface area contributed by atoms with Gasteiger partial charge in [0, 0.05) is 12.1 Å². The number of nitrogens with zero attached hydrogens (tertiary/aromatic N) is 1. The molecule has 0 aliphatic rings. The number of carboxylic acid groups (broad SMARTS) is 1.